The first-order valence-electron chi connectivity index (χ1n) is 9.18. The standard InChI is InChI=1S/C21H20N4O3/c22-18(26)11-10-17-20(27)24-16(12-13-6-2-1-3-7-13)19-23-15-9-5-4-8-14(15)21(28)25(17)19/h1-9,16-17H,10-12H2,(H2,22,26)(H,24,27)/t16-,17+/m0/s1. The molecular weight excluding hydrogens is 356 g/mol. The molecular formula is C21H20N4O3. The number of nitrogens with one attached hydrogen (secondary N) is 1. The van der Waals surface area contributed by atoms with E-state index in [2.05, 4.69) is 5.32 Å². The van der Waals surface area contributed by atoms with Crippen molar-refractivity contribution >= 4 is 22.7 Å². The molecule has 28 heavy (non-hydrogen) atoms. The largest absolute Gasteiger partial charge is 0.370 e. The fourth-order valence-corrected chi connectivity index (χ4v) is 3.69. The number of hydrogen-bond donors (Lipinski definition) is 2. The minimum absolute atomic E-state index is 0.0140. The van der Waals surface area contributed by atoms with Gasteiger partial charge in [-0.25, -0.2) is 4.98 Å². The maximum Gasteiger partial charge on any atom is 0.262 e. The number of hydrogen-bond acceptors (Lipinski definition) is 4. The van der Waals surface area contributed by atoms with Gasteiger partial charge in [-0.3, -0.25) is 19.0 Å². The lowest BCUT2D eigenvalue weighted by Gasteiger charge is -2.33. The van der Waals surface area contributed by atoms with Gasteiger partial charge >= 0.3 is 0 Å². The average molecular weight is 376 g/mol. The number of para-hydroxylation sites is 1. The molecule has 4 rings (SSSR count). The summed E-state index contributed by atoms with van der Waals surface area (Å²) in [6.07, 6.45) is 0.687. The van der Waals surface area contributed by atoms with Crippen molar-refractivity contribution in [1.82, 2.24) is 14.9 Å². The average Bonchev–Trinajstić information content (AvgIpc) is 2.69. The molecule has 0 saturated heterocycles. The van der Waals surface area contributed by atoms with Gasteiger partial charge in [0.05, 0.1) is 16.9 Å². The molecule has 142 valence electrons. The van der Waals surface area contributed by atoms with E-state index in [1.165, 1.54) is 4.57 Å². The van der Waals surface area contributed by atoms with Crippen molar-refractivity contribution in [3.63, 3.8) is 0 Å². The Morgan fingerprint density at radius 1 is 1.07 bits per heavy atom. The zero-order valence-electron chi connectivity index (χ0n) is 15.2. The first-order chi connectivity index (χ1) is 13.5. The first-order valence-corrected chi connectivity index (χ1v) is 9.18. The number of benzene rings is 2. The van der Waals surface area contributed by atoms with E-state index < -0.39 is 18.0 Å². The van der Waals surface area contributed by atoms with Crippen molar-refractivity contribution in [1.29, 1.82) is 0 Å². The second-order valence-electron chi connectivity index (χ2n) is 6.93. The van der Waals surface area contributed by atoms with Crippen LogP contribution < -0.4 is 16.6 Å². The van der Waals surface area contributed by atoms with Crippen LogP contribution in [0.1, 0.15) is 36.3 Å². The summed E-state index contributed by atoms with van der Waals surface area (Å²) < 4.78 is 1.44. The molecule has 1 aromatic heterocycles. The van der Waals surface area contributed by atoms with Crippen LogP contribution in [0, 0.1) is 0 Å². The molecule has 7 heteroatoms. The molecule has 0 radical (unpaired) electrons. The highest BCUT2D eigenvalue weighted by molar-refractivity contribution is 5.84. The Morgan fingerprint density at radius 3 is 2.54 bits per heavy atom. The second kappa shape index (κ2) is 7.26. The van der Waals surface area contributed by atoms with Gasteiger partial charge in [0, 0.05) is 6.42 Å². The molecule has 3 aromatic rings. The highest BCUT2D eigenvalue weighted by Crippen LogP contribution is 2.28. The van der Waals surface area contributed by atoms with E-state index in [1.807, 2.05) is 36.4 Å². The van der Waals surface area contributed by atoms with Crippen molar-refractivity contribution in [2.45, 2.75) is 31.3 Å². The van der Waals surface area contributed by atoms with E-state index in [0.717, 1.165) is 5.56 Å². The summed E-state index contributed by atoms with van der Waals surface area (Å²) in [4.78, 5) is 42.0. The van der Waals surface area contributed by atoms with Crippen LogP contribution in [0.5, 0.6) is 0 Å². The van der Waals surface area contributed by atoms with Gasteiger partial charge in [-0.2, -0.15) is 0 Å². The van der Waals surface area contributed by atoms with Gasteiger partial charge in [-0.1, -0.05) is 42.5 Å². The minimum atomic E-state index is -0.806. The predicted octanol–water partition coefficient (Wildman–Crippen LogP) is 1.62. The summed E-state index contributed by atoms with van der Waals surface area (Å²) in [6, 6.07) is 15.5. The van der Waals surface area contributed by atoms with Gasteiger partial charge in [-0.05, 0) is 30.5 Å². The molecule has 0 saturated carbocycles. The van der Waals surface area contributed by atoms with E-state index >= 15 is 0 Å². The number of amides is 2. The van der Waals surface area contributed by atoms with Gasteiger partial charge in [0.2, 0.25) is 11.8 Å². The van der Waals surface area contributed by atoms with Crippen LogP contribution in [0.4, 0.5) is 0 Å². The number of rotatable bonds is 5. The molecule has 2 atom stereocenters. The number of nitrogens with two attached hydrogens (primary N) is 1. The number of primary amides is 1. The SMILES string of the molecule is NC(=O)CC[C@@H]1C(=O)N[C@@H](Cc2ccccc2)c2nc3ccccc3c(=O)n21. The van der Waals surface area contributed by atoms with Crippen molar-refractivity contribution in [2.24, 2.45) is 5.73 Å². The highest BCUT2D eigenvalue weighted by Gasteiger charge is 2.35. The van der Waals surface area contributed by atoms with E-state index in [0.29, 0.717) is 23.1 Å². The zero-order chi connectivity index (χ0) is 19.7. The summed E-state index contributed by atoms with van der Waals surface area (Å²) in [5.74, 6) is -0.307. The lowest BCUT2D eigenvalue weighted by Crippen LogP contribution is -2.48. The number of carbonyl (C=O) groups is 2. The van der Waals surface area contributed by atoms with Crippen LogP contribution in [0.25, 0.3) is 10.9 Å². The Balaban J connectivity index is 1.85. The molecule has 1 aliphatic rings. The fraction of sp³-hybridized carbons (Fsp3) is 0.238. The predicted molar refractivity (Wildman–Crippen MR) is 104 cm³/mol. The first kappa shape index (κ1) is 17.9. The van der Waals surface area contributed by atoms with Crippen molar-refractivity contribution in [3.8, 4) is 0 Å². The Morgan fingerprint density at radius 2 is 1.79 bits per heavy atom. The van der Waals surface area contributed by atoms with Crippen LogP contribution in [0.3, 0.4) is 0 Å². The van der Waals surface area contributed by atoms with Crippen LogP contribution in [0.2, 0.25) is 0 Å². The van der Waals surface area contributed by atoms with Gasteiger partial charge in [0.25, 0.3) is 5.56 Å². The third kappa shape index (κ3) is 3.26. The summed E-state index contributed by atoms with van der Waals surface area (Å²) in [5, 5.41) is 3.42. The molecule has 0 spiro atoms. The topological polar surface area (TPSA) is 107 Å². The lowest BCUT2D eigenvalue weighted by atomic mass is 9.99. The third-order valence-corrected chi connectivity index (χ3v) is 5.02. The zero-order valence-corrected chi connectivity index (χ0v) is 15.2. The van der Waals surface area contributed by atoms with Crippen LogP contribution >= 0.6 is 0 Å². The Labute approximate surface area is 161 Å². The van der Waals surface area contributed by atoms with Gasteiger partial charge in [0.1, 0.15) is 11.9 Å². The van der Waals surface area contributed by atoms with Crippen LogP contribution in [0.15, 0.2) is 59.4 Å². The monoisotopic (exact) mass is 376 g/mol. The lowest BCUT2D eigenvalue weighted by molar-refractivity contribution is -0.127. The van der Waals surface area contributed by atoms with Crippen molar-refractivity contribution < 1.29 is 9.59 Å². The van der Waals surface area contributed by atoms with Gasteiger partial charge in [-0.15, -0.1) is 0 Å². The molecule has 2 heterocycles. The number of fused-ring (bicyclic) bond motifs is 2. The van der Waals surface area contributed by atoms with E-state index in [1.54, 1.807) is 18.2 Å². The second-order valence-corrected chi connectivity index (χ2v) is 6.93. The quantitative estimate of drug-likeness (QED) is 0.705. The highest BCUT2D eigenvalue weighted by atomic mass is 16.2. The van der Waals surface area contributed by atoms with Crippen LogP contribution in [-0.2, 0) is 16.0 Å². The number of nitrogens with zero attached hydrogens (tertiary/aromatic N) is 2. The minimum Gasteiger partial charge on any atom is -0.370 e. The summed E-state index contributed by atoms with van der Waals surface area (Å²) >= 11 is 0. The summed E-state index contributed by atoms with van der Waals surface area (Å²) in [5.41, 5.74) is 6.59. The maximum atomic E-state index is 13.2. The molecule has 7 nitrogen and oxygen atoms in total. The molecule has 0 unspecified atom stereocenters. The summed E-state index contributed by atoms with van der Waals surface area (Å²) in [6.45, 7) is 0. The third-order valence-electron chi connectivity index (χ3n) is 5.02. The fourth-order valence-electron chi connectivity index (χ4n) is 3.69. The molecule has 0 fully saturated rings. The molecule has 0 bridgehead atoms. The normalized spacial score (nSPS) is 18.5. The molecule has 1 aliphatic heterocycles. The van der Waals surface area contributed by atoms with E-state index in [-0.39, 0.29) is 24.3 Å². The van der Waals surface area contributed by atoms with Crippen molar-refractivity contribution in [2.75, 3.05) is 0 Å². The van der Waals surface area contributed by atoms with Crippen LogP contribution in [-0.4, -0.2) is 21.4 Å². The Kier molecular flexibility index (Phi) is 4.65. The van der Waals surface area contributed by atoms with E-state index in [9.17, 15) is 14.4 Å². The molecule has 3 N–H and O–H groups in total. The molecule has 0 aliphatic carbocycles. The van der Waals surface area contributed by atoms with Gasteiger partial charge in [0.15, 0.2) is 0 Å². The smallest absolute Gasteiger partial charge is 0.262 e. The molecule has 2 amide bonds. The number of carbonyl (C=O) groups excluding carboxylic acids is 2. The van der Waals surface area contributed by atoms with Crippen molar-refractivity contribution in [3.05, 3.63) is 76.3 Å². The van der Waals surface area contributed by atoms with Gasteiger partial charge < -0.3 is 11.1 Å². The summed E-state index contributed by atoms with van der Waals surface area (Å²) in [7, 11) is 0. The Hall–Kier alpha value is -3.48. The number of aromatic nitrogens is 2. The molecule has 2 aromatic carbocycles. The van der Waals surface area contributed by atoms with E-state index in [4.69, 9.17) is 10.7 Å². The Bertz CT molecular complexity index is 1110. The maximum absolute atomic E-state index is 13.2.